The van der Waals surface area contributed by atoms with Crippen LogP contribution in [0.1, 0.15) is 40.8 Å². The van der Waals surface area contributed by atoms with Gasteiger partial charge in [0.25, 0.3) is 0 Å². The minimum absolute atomic E-state index is 0.0577. The number of carbonyl (C=O) groups is 1. The van der Waals surface area contributed by atoms with E-state index >= 15 is 0 Å². The summed E-state index contributed by atoms with van der Waals surface area (Å²) in [5.74, 6) is 0.0916. The van der Waals surface area contributed by atoms with E-state index in [1.165, 1.54) is 36.0 Å². The highest BCUT2D eigenvalue weighted by Crippen LogP contribution is 2.31. The van der Waals surface area contributed by atoms with Gasteiger partial charge in [0, 0.05) is 48.4 Å². The molecule has 5 rings (SSSR count). The molecule has 0 unspecified atom stereocenters. The molecule has 0 saturated heterocycles. The van der Waals surface area contributed by atoms with Crippen molar-refractivity contribution in [1.29, 1.82) is 5.41 Å². The molecule has 0 fully saturated rings. The fourth-order valence-corrected chi connectivity index (χ4v) is 6.27. The maximum absolute atomic E-state index is 13.9. The molecule has 0 radical (unpaired) electrons. The lowest BCUT2D eigenvalue weighted by molar-refractivity contribution is -0.137. The van der Waals surface area contributed by atoms with Crippen molar-refractivity contribution >= 4 is 17.7 Å². The second-order valence-corrected chi connectivity index (χ2v) is 11.9. The molecule has 4 aromatic rings. The molecule has 7 nitrogen and oxygen atoms in total. The predicted molar refractivity (Wildman–Crippen MR) is 165 cm³/mol. The number of fused-ring (bicyclic) bond motifs is 1. The normalized spacial score (nSPS) is 13.0. The highest BCUT2D eigenvalue weighted by atomic mass is 32.2. The lowest BCUT2D eigenvalue weighted by atomic mass is 9.96. The summed E-state index contributed by atoms with van der Waals surface area (Å²) in [7, 11) is 1.81. The first-order valence-electron chi connectivity index (χ1n) is 14.7. The van der Waals surface area contributed by atoms with E-state index < -0.39 is 11.7 Å². The zero-order chi connectivity index (χ0) is 32.0. The number of carbonyl (C=O) groups excluding carboxylic acids is 1. The van der Waals surface area contributed by atoms with Crippen LogP contribution in [0.3, 0.4) is 0 Å². The van der Waals surface area contributed by atoms with E-state index in [-0.39, 0.29) is 23.8 Å². The van der Waals surface area contributed by atoms with Crippen LogP contribution in [0.15, 0.2) is 72.0 Å². The number of pyridine rings is 1. The summed E-state index contributed by atoms with van der Waals surface area (Å²) in [5.41, 5.74) is 4.16. The molecule has 1 aliphatic rings. The third-order valence-corrected chi connectivity index (χ3v) is 8.80. The van der Waals surface area contributed by atoms with Gasteiger partial charge in [-0.1, -0.05) is 42.1 Å². The molecule has 1 amide bonds. The predicted octanol–water partition coefficient (Wildman–Crippen LogP) is 6.00. The van der Waals surface area contributed by atoms with E-state index in [9.17, 15) is 22.4 Å². The maximum atomic E-state index is 13.9. The van der Waals surface area contributed by atoms with Crippen molar-refractivity contribution < 1.29 is 22.4 Å². The Morgan fingerprint density at radius 1 is 1.02 bits per heavy atom. The SMILES string of the molecule is CNCCN(Cc1ccc(-c2ccc(C(F)(F)F)cc2)nc1)C(=O)Cn1c(SCc2ccc(F)cc2)nc(=N)c2c1CCCC2. The first kappa shape index (κ1) is 32.4. The summed E-state index contributed by atoms with van der Waals surface area (Å²) >= 11 is 1.42. The first-order valence-corrected chi connectivity index (χ1v) is 15.7. The minimum Gasteiger partial charge on any atom is -0.335 e. The molecule has 236 valence electrons. The number of nitrogens with zero attached hydrogens (tertiary/aromatic N) is 4. The van der Waals surface area contributed by atoms with Crippen molar-refractivity contribution in [3.05, 3.63) is 106 Å². The van der Waals surface area contributed by atoms with Crippen LogP contribution in [-0.2, 0) is 42.7 Å². The van der Waals surface area contributed by atoms with Crippen LogP contribution in [0.5, 0.6) is 0 Å². The molecule has 0 atom stereocenters. The van der Waals surface area contributed by atoms with Crippen molar-refractivity contribution in [2.75, 3.05) is 20.1 Å². The lowest BCUT2D eigenvalue weighted by Gasteiger charge is -2.27. The molecule has 0 bridgehead atoms. The molecule has 0 saturated carbocycles. The number of aromatic nitrogens is 3. The fourth-order valence-electron chi connectivity index (χ4n) is 5.30. The van der Waals surface area contributed by atoms with E-state index in [1.54, 1.807) is 29.3 Å². The van der Waals surface area contributed by atoms with E-state index in [1.807, 2.05) is 17.7 Å². The maximum Gasteiger partial charge on any atom is 0.416 e. The average Bonchev–Trinajstić information content (AvgIpc) is 3.04. The molecule has 0 spiro atoms. The van der Waals surface area contributed by atoms with Gasteiger partial charge in [-0.2, -0.15) is 13.2 Å². The van der Waals surface area contributed by atoms with Gasteiger partial charge in [0.05, 0.1) is 11.3 Å². The van der Waals surface area contributed by atoms with Crippen molar-refractivity contribution in [1.82, 2.24) is 24.8 Å². The molecule has 2 aromatic carbocycles. The van der Waals surface area contributed by atoms with Crippen molar-refractivity contribution in [2.24, 2.45) is 0 Å². The number of benzene rings is 2. The minimum atomic E-state index is -4.40. The Bertz CT molecular complexity index is 1670. The second kappa shape index (κ2) is 14.4. The van der Waals surface area contributed by atoms with Gasteiger partial charge >= 0.3 is 6.18 Å². The van der Waals surface area contributed by atoms with Gasteiger partial charge in [0.1, 0.15) is 12.4 Å². The summed E-state index contributed by atoms with van der Waals surface area (Å²) in [6.45, 7) is 1.37. The summed E-state index contributed by atoms with van der Waals surface area (Å²) in [4.78, 5) is 24.7. The third kappa shape index (κ3) is 8.17. The summed E-state index contributed by atoms with van der Waals surface area (Å²) in [6, 6.07) is 14.7. The molecular weight excluding hydrogens is 604 g/mol. The van der Waals surface area contributed by atoms with E-state index in [0.29, 0.717) is 41.8 Å². The van der Waals surface area contributed by atoms with Crippen LogP contribution in [0.25, 0.3) is 11.3 Å². The molecule has 45 heavy (non-hydrogen) atoms. The van der Waals surface area contributed by atoms with Gasteiger partial charge in [0.2, 0.25) is 5.91 Å². The van der Waals surface area contributed by atoms with Gasteiger partial charge in [0.15, 0.2) is 10.6 Å². The monoisotopic (exact) mass is 638 g/mol. The van der Waals surface area contributed by atoms with Crippen LogP contribution < -0.4 is 10.8 Å². The van der Waals surface area contributed by atoms with Crippen LogP contribution >= 0.6 is 11.8 Å². The molecule has 0 aliphatic heterocycles. The number of alkyl halides is 3. The number of hydrogen-bond acceptors (Lipinski definition) is 6. The Morgan fingerprint density at radius 2 is 1.73 bits per heavy atom. The summed E-state index contributed by atoms with van der Waals surface area (Å²) < 4.78 is 54.2. The standard InChI is InChI=1S/C33H34F4N6OS/c1-39-16-17-42(19-23-8-15-28(40-18-23)24-9-11-25(12-10-24)33(35,36)37)30(44)20-43-29-5-3-2-4-27(29)31(38)41-32(43)45-21-22-6-13-26(34)14-7-22/h6-15,18,38-39H,2-5,16-17,19-21H2,1H3. The number of likely N-dealkylation sites (N-methyl/N-ethyl adjacent to an activating group) is 1. The van der Waals surface area contributed by atoms with Gasteiger partial charge in [-0.25, -0.2) is 9.37 Å². The third-order valence-electron chi connectivity index (χ3n) is 7.75. The number of halogens is 4. The van der Waals surface area contributed by atoms with Gasteiger partial charge in [-0.05, 0) is 74.2 Å². The van der Waals surface area contributed by atoms with Crippen molar-refractivity contribution in [3.63, 3.8) is 0 Å². The topological polar surface area (TPSA) is 86.9 Å². The van der Waals surface area contributed by atoms with Crippen molar-refractivity contribution in [3.8, 4) is 11.3 Å². The molecular formula is C33H34F4N6OS. The van der Waals surface area contributed by atoms with Crippen molar-refractivity contribution in [2.45, 2.75) is 55.9 Å². The highest BCUT2D eigenvalue weighted by Gasteiger charge is 2.30. The summed E-state index contributed by atoms with van der Waals surface area (Å²) in [6.07, 6.45) is 0.680. The number of nitrogens with one attached hydrogen (secondary N) is 2. The molecule has 2 N–H and O–H groups in total. The van der Waals surface area contributed by atoms with Gasteiger partial charge < -0.3 is 14.8 Å². The number of thioether (sulfide) groups is 1. The zero-order valence-corrected chi connectivity index (χ0v) is 25.6. The summed E-state index contributed by atoms with van der Waals surface area (Å²) in [5, 5.41) is 12.2. The highest BCUT2D eigenvalue weighted by molar-refractivity contribution is 7.98. The van der Waals surface area contributed by atoms with Crippen LogP contribution in [0, 0.1) is 11.2 Å². The number of rotatable bonds is 11. The Balaban J connectivity index is 1.36. The van der Waals surface area contributed by atoms with E-state index in [4.69, 9.17) is 5.41 Å². The lowest BCUT2D eigenvalue weighted by Crippen LogP contribution is -2.39. The first-order chi connectivity index (χ1) is 21.6. The van der Waals surface area contributed by atoms with E-state index in [2.05, 4.69) is 15.3 Å². The quantitative estimate of drug-likeness (QED) is 0.120. The molecule has 1 aliphatic carbocycles. The Kier molecular flexibility index (Phi) is 10.3. The zero-order valence-electron chi connectivity index (χ0n) is 24.8. The fraction of sp³-hybridized carbons (Fsp3) is 0.333. The number of amides is 1. The van der Waals surface area contributed by atoms with Gasteiger partial charge in [-0.3, -0.25) is 15.2 Å². The van der Waals surface area contributed by atoms with Crippen LogP contribution in [-0.4, -0.2) is 45.5 Å². The smallest absolute Gasteiger partial charge is 0.335 e. The van der Waals surface area contributed by atoms with Crippen LogP contribution in [0.4, 0.5) is 17.6 Å². The molecule has 2 aromatic heterocycles. The Morgan fingerprint density at radius 3 is 2.40 bits per heavy atom. The van der Waals surface area contributed by atoms with Gasteiger partial charge in [-0.15, -0.1) is 0 Å². The van der Waals surface area contributed by atoms with Crippen LogP contribution in [0.2, 0.25) is 0 Å². The molecule has 2 heterocycles. The largest absolute Gasteiger partial charge is 0.416 e. The number of hydrogen-bond donors (Lipinski definition) is 2. The molecule has 12 heteroatoms. The Hall–Kier alpha value is -4.03. The Labute approximate surface area is 263 Å². The second-order valence-electron chi connectivity index (χ2n) is 10.9. The average molecular weight is 639 g/mol. The van der Waals surface area contributed by atoms with E-state index in [0.717, 1.165) is 60.2 Å².